The molecule has 16 heavy (non-hydrogen) atoms. The first-order chi connectivity index (χ1) is 7.68. The molecule has 0 aromatic rings. The van der Waals surface area contributed by atoms with Crippen LogP contribution in [-0.2, 0) is 4.79 Å². The maximum Gasteiger partial charge on any atom is 0.221 e. The van der Waals surface area contributed by atoms with E-state index in [0.29, 0.717) is 18.4 Å². The van der Waals surface area contributed by atoms with Gasteiger partial charge in [0.15, 0.2) is 0 Å². The van der Waals surface area contributed by atoms with Crippen molar-refractivity contribution in [1.29, 1.82) is 0 Å². The van der Waals surface area contributed by atoms with Gasteiger partial charge in [0, 0.05) is 25.6 Å². The van der Waals surface area contributed by atoms with E-state index in [4.69, 9.17) is 0 Å². The van der Waals surface area contributed by atoms with Crippen LogP contribution in [0.5, 0.6) is 0 Å². The molecule has 1 aliphatic rings. The predicted octanol–water partition coefficient (Wildman–Crippen LogP) is 1.85. The van der Waals surface area contributed by atoms with Gasteiger partial charge in [0.25, 0.3) is 0 Å². The highest BCUT2D eigenvalue weighted by Crippen LogP contribution is 2.16. The summed E-state index contributed by atoms with van der Waals surface area (Å²) in [6, 6.07) is 0.455. The third-order valence-electron chi connectivity index (χ3n) is 2.87. The van der Waals surface area contributed by atoms with Gasteiger partial charge in [-0.25, -0.2) is 0 Å². The molecule has 0 fully saturated rings. The monoisotopic (exact) mass is 224 g/mol. The van der Waals surface area contributed by atoms with E-state index in [2.05, 4.69) is 36.6 Å². The maximum absolute atomic E-state index is 11.5. The molecule has 0 saturated carbocycles. The molecule has 0 aromatic carbocycles. The number of hydrogen-bond acceptors (Lipinski definition) is 2. The minimum Gasteiger partial charge on any atom is -0.356 e. The summed E-state index contributed by atoms with van der Waals surface area (Å²) in [7, 11) is 0. The Morgan fingerprint density at radius 3 is 2.88 bits per heavy atom. The number of carbonyl (C=O) groups is 1. The van der Waals surface area contributed by atoms with E-state index in [-0.39, 0.29) is 5.91 Å². The Kier molecular flexibility index (Phi) is 6.16. The Morgan fingerprint density at radius 1 is 1.44 bits per heavy atom. The number of allylic oxidation sites excluding steroid dienone is 2. The van der Waals surface area contributed by atoms with Gasteiger partial charge in [0.05, 0.1) is 0 Å². The standard InChI is InChI=1S/C13H24N2O/c1-11(2)14-9-8-13(16)15-10-12-6-4-3-5-7-12/h3-4,11-12,14H,5-10H2,1-2H3,(H,15,16). The van der Waals surface area contributed by atoms with Gasteiger partial charge in [-0.1, -0.05) is 26.0 Å². The Bertz CT molecular complexity index is 236. The number of amides is 1. The third kappa shape index (κ3) is 5.91. The lowest BCUT2D eigenvalue weighted by molar-refractivity contribution is -0.121. The van der Waals surface area contributed by atoms with Crippen molar-refractivity contribution in [1.82, 2.24) is 10.6 Å². The van der Waals surface area contributed by atoms with Crippen LogP contribution in [0.2, 0.25) is 0 Å². The van der Waals surface area contributed by atoms with Gasteiger partial charge in [-0.05, 0) is 25.2 Å². The molecule has 1 rings (SSSR count). The SMILES string of the molecule is CC(C)NCCC(=O)NCC1CC=CCC1. The van der Waals surface area contributed by atoms with Crippen LogP contribution >= 0.6 is 0 Å². The second kappa shape index (κ2) is 7.44. The molecule has 0 bridgehead atoms. The zero-order valence-electron chi connectivity index (χ0n) is 10.5. The topological polar surface area (TPSA) is 41.1 Å². The van der Waals surface area contributed by atoms with Crippen molar-refractivity contribution in [2.75, 3.05) is 13.1 Å². The summed E-state index contributed by atoms with van der Waals surface area (Å²) in [6.45, 7) is 5.79. The number of nitrogens with one attached hydrogen (secondary N) is 2. The van der Waals surface area contributed by atoms with Gasteiger partial charge in [-0.3, -0.25) is 4.79 Å². The fourth-order valence-electron chi connectivity index (χ4n) is 1.86. The minimum atomic E-state index is 0.169. The summed E-state index contributed by atoms with van der Waals surface area (Å²) in [5, 5.41) is 6.26. The smallest absolute Gasteiger partial charge is 0.221 e. The van der Waals surface area contributed by atoms with Crippen LogP contribution in [0.15, 0.2) is 12.2 Å². The Hall–Kier alpha value is -0.830. The second-order valence-electron chi connectivity index (χ2n) is 4.81. The van der Waals surface area contributed by atoms with E-state index in [9.17, 15) is 4.79 Å². The van der Waals surface area contributed by atoms with Crippen molar-refractivity contribution >= 4 is 5.91 Å². The summed E-state index contributed by atoms with van der Waals surface area (Å²) < 4.78 is 0. The average molecular weight is 224 g/mol. The normalized spacial score (nSPS) is 20.1. The quantitative estimate of drug-likeness (QED) is 0.676. The fraction of sp³-hybridized carbons (Fsp3) is 0.769. The molecule has 1 unspecified atom stereocenters. The lowest BCUT2D eigenvalue weighted by atomic mass is 9.94. The van der Waals surface area contributed by atoms with E-state index in [1.165, 1.54) is 6.42 Å². The maximum atomic E-state index is 11.5. The summed E-state index contributed by atoms with van der Waals surface area (Å²) in [6.07, 6.45) is 8.52. The van der Waals surface area contributed by atoms with Gasteiger partial charge in [-0.2, -0.15) is 0 Å². The van der Waals surface area contributed by atoms with Gasteiger partial charge in [0.1, 0.15) is 0 Å². The first-order valence-electron chi connectivity index (χ1n) is 6.33. The van der Waals surface area contributed by atoms with Crippen LogP contribution in [-0.4, -0.2) is 25.0 Å². The van der Waals surface area contributed by atoms with Crippen molar-refractivity contribution in [3.05, 3.63) is 12.2 Å². The molecular weight excluding hydrogens is 200 g/mol. The van der Waals surface area contributed by atoms with Crippen LogP contribution in [0.3, 0.4) is 0 Å². The van der Waals surface area contributed by atoms with E-state index in [0.717, 1.165) is 25.9 Å². The average Bonchev–Trinajstić information content (AvgIpc) is 2.27. The third-order valence-corrected chi connectivity index (χ3v) is 2.87. The first kappa shape index (κ1) is 13.2. The summed E-state index contributed by atoms with van der Waals surface area (Å²) >= 11 is 0. The molecule has 0 aliphatic heterocycles. The predicted molar refractivity (Wildman–Crippen MR) is 67.2 cm³/mol. The Morgan fingerprint density at radius 2 is 2.25 bits per heavy atom. The lowest BCUT2D eigenvalue weighted by Crippen LogP contribution is -2.33. The molecule has 92 valence electrons. The van der Waals surface area contributed by atoms with Crippen molar-refractivity contribution in [2.45, 2.75) is 45.6 Å². The summed E-state index contributed by atoms with van der Waals surface area (Å²) in [5.41, 5.74) is 0. The molecule has 0 heterocycles. The largest absolute Gasteiger partial charge is 0.356 e. The zero-order chi connectivity index (χ0) is 11.8. The first-order valence-corrected chi connectivity index (χ1v) is 6.33. The summed E-state index contributed by atoms with van der Waals surface area (Å²) in [5.74, 6) is 0.815. The molecule has 1 aliphatic carbocycles. The van der Waals surface area contributed by atoms with Gasteiger partial charge >= 0.3 is 0 Å². The van der Waals surface area contributed by atoms with E-state index >= 15 is 0 Å². The molecule has 1 atom stereocenters. The van der Waals surface area contributed by atoms with Crippen LogP contribution in [0.1, 0.15) is 39.5 Å². The zero-order valence-corrected chi connectivity index (χ0v) is 10.5. The molecule has 0 saturated heterocycles. The van der Waals surface area contributed by atoms with Crippen LogP contribution in [0.25, 0.3) is 0 Å². The second-order valence-corrected chi connectivity index (χ2v) is 4.81. The Labute approximate surface area is 98.7 Å². The van der Waals surface area contributed by atoms with Crippen molar-refractivity contribution in [2.24, 2.45) is 5.92 Å². The molecule has 0 radical (unpaired) electrons. The highest BCUT2D eigenvalue weighted by molar-refractivity contribution is 5.76. The number of hydrogen-bond donors (Lipinski definition) is 2. The molecular formula is C13H24N2O. The highest BCUT2D eigenvalue weighted by Gasteiger charge is 2.10. The summed E-state index contributed by atoms with van der Waals surface area (Å²) in [4.78, 5) is 11.5. The molecule has 1 amide bonds. The molecule has 0 aromatic heterocycles. The van der Waals surface area contributed by atoms with E-state index in [1.807, 2.05) is 0 Å². The fourth-order valence-corrected chi connectivity index (χ4v) is 1.86. The molecule has 3 nitrogen and oxygen atoms in total. The van der Waals surface area contributed by atoms with Gasteiger partial charge in [-0.15, -0.1) is 0 Å². The van der Waals surface area contributed by atoms with Crippen LogP contribution in [0.4, 0.5) is 0 Å². The van der Waals surface area contributed by atoms with Gasteiger partial charge in [0.2, 0.25) is 5.91 Å². The van der Waals surface area contributed by atoms with Crippen molar-refractivity contribution in [3.63, 3.8) is 0 Å². The molecule has 2 N–H and O–H groups in total. The van der Waals surface area contributed by atoms with E-state index in [1.54, 1.807) is 0 Å². The minimum absolute atomic E-state index is 0.169. The van der Waals surface area contributed by atoms with Crippen molar-refractivity contribution < 1.29 is 4.79 Å². The molecule has 3 heteroatoms. The van der Waals surface area contributed by atoms with Crippen LogP contribution < -0.4 is 10.6 Å². The Balaban J connectivity index is 2.03. The highest BCUT2D eigenvalue weighted by atomic mass is 16.1. The van der Waals surface area contributed by atoms with E-state index < -0.39 is 0 Å². The lowest BCUT2D eigenvalue weighted by Gasteiger charge is -2.18. The molecule has 0 spiro atoms. The number of carbonyl (C=O) groups excluding carboxylic acids is 1. The van der Waals surface area contributed by atoms with Crippen molar-refractivity contribution in [3.8, 4) is 0 Å². The number of rotatable bonds is 6. The van der Waals surface area contributed by atoms with Crippen LogP contribution in [0, 0.1) is 5.92 Å². The van der Waals surface area contributed by atoms with Gasteiger partial charge < -0.3 is 10.6 Å².